The molecule has 2 aromatic rings. The van der Waals surface area contributed by atoms with Crippen LogP contribution in [-0.2, 0) is 6.42 Å². The van der Waals surface area contributed by atoms with Gasteiger partial charge in [-0.2, -0.15) is 0 Å². The molecule has 0 spiro atoms. The van der Waals surface area contributed by atoms with Gasteiger partial charge in [0.15, 0.2) is 0 Å². The van der Waals surface area contributed by atoms with Crippen molar-refractivity contribution in [2.75, 3.05) is 12.3 Å². The maximum absolute atomic E-state index is 10.9. The maximum Gasteiger partial charge on any atom is 0.335 e. The van der Waals surface area contributed by atoms with Crippen LogP contribution in [0.25, 0.3) is 0 Å². The molecule has 5 nitrogen and oxygen atoms in total. The summed E-state index contributed by atoms with van der Waals surface area (Å²) in [6, 6.07) is 8.23. The molecule has 1 heterocycles. The van der Waals surface area contributed by atoms with Gasteiger partial charge in [0.05, 0.1) is 17.9 Å². The molecule has 0 aliphatic carbocycles. The van der Waals surface area contributed by atoms with Gasteiger partial charge in [-0.05, 0) is 35.9 Å². The average Bonchev–Trinajstić information content (AvgIpc) is 2.42. The minimum Gasteiger partial charge on any atom is -0.491 e. The van der Waals surface area contributed by atoms with Crippen molar-refractivity contribution < 1.29 is 14.6 Å². The molecule has 0 unspecified atom stereocenters. The summed E-state index contributed by atoms with van der Waals surface area (Å²) in [6.07, 6.45) is 4.14. The minimum absolute atomic E-state index is 0.160. The molecule has 1 aromatic carbocycles. The molecule has 0 saturated carbocycles. The molecule has 2 rings (SSSR count). The first-order valence-electron chi connectivity index (χ1n) is 5.81. The second-order valence-corrected chi connectivity index (χ2v) is 4.01. The lowest BCUT2D eigenvalue weighted by molar-refractivity contribution is 0.0696. The third-order valence-electron chi connectivity index (χ3n) is 2.66. The molecule has 0 aliphatic rings. The standard InChI is InChI=1S/C14H14N2O3/c15-12-2-1-11(14(17)18)9-13(12)19-8-5-10-3-6-16-7-4-10/h1-4,6-7,9H,5,8,15H2,(H,17,18). The Balaban J connectivity index is 1.99. The maximum atomic E-state index is 10.9. The van der Waals surface area contributed by atoms with E-state index in [1.54, 1.807) is 12.4 Å². The molecule has 3 N–H and O–H groups in total. The smallest absolute Gasteiger partial charge is 0.335 e. The van der Waals surface area contributed by atoms with Crippen LogP contribution in [0.3, 0.4) is 0 Å². The van der Waals surface area contributed by atoms with Gasteiger partial charge in [-0.15, -0.1) is 0 Å². The van der Waals surface area contributed by atoms with E-state index in [1.165, 1.54) is 18.2 Å². The number of benzene rings is 1. The third kappa shape index (κ3) is 3.45. The average molecular weight is 258 g/mol. The summed E-state index contributed by atoms with van der Waals surface area (Å²) in [4.78, 5) is 14.8. The van der Waals surface area contributed by atoms with Gasteiger partial charge in [-0.1, -0.05) is 0 Å². The van der Waals surface area contributed by atoms with E-state index in [2.05, 4.69) is 4.98 Å². The van der Waals surface area contributed by atoms with Gasteiger partial charge in [0.25, 0.3) is 0 Å². The predicted octanol–water partition coefficient (Wildman–Crippen LogP) is 1.98. The van der Waals surface area contributed by atoms with Crippen molar-refractivity contribution in [1.82, 2.24) is 4.98 Å². The Morgan fingerprint density at radius 3 is 2.68 bits per heavy atom. The van der Waals surface area contributed by atoms with Crippen molar-refractivity contribution in [2.24, 2.45) is 0 Å². The lowest BCUT2D eigenvalue weighted by Crippen LogP contribution is -2.05. The number of aromatic carboxylic acids is 1. The topological polar surface area (TPSA) is 85.4 Å². The normalized spacial score (nSPS) is 10.1. The highest BCUT2D eigenvalue weighted by Crippen LogP contribution is 2.23. The summed E-state index contributed by atoms with van der Waals surface area (Å²) in [5, 5.41) is 8.90. The monoisotopic (exact) mass is 258 g/mol. The van der Waals surface area contributed by atoms with E-state index in [0.717, 1.165) is 5.56 Å². The van der Waals surface area contributed by atoms with Crippen LogP contribution in [0.2, 0.25) is 0 Å². The number of nitrogen functional groups attached to an aromatic ring is 1. The highest BCUT2D eigenvalue weighted by molar-refractivity contribution is 5.89. The summed E-state index contributed by atoms with van der Waals surface area (Å²) >= 11 is 0. The van der Waals surface area contributed by atoms with E-state index in [1.807, 2.05) is 12.1 Å². The number of nitrogens with two attached hydrogens (primary N) is 1. The first-order valence-corrected chi connectivity index (χ1v) is 5.81. The summed E-state index contributed by atoms with van der Waals surface area (Å²) in [7, 11) is 0. The van der Waals surface area contributed by atoms with Crippen molar-refractivity contribution in [3.63, 3.8) is 0 Å². The van der Waals surface area contributed by atoms with Crippen LogP contribution in [0.15, 0.2) is 42.7 Å². The van der Waals surface area contributed by atoms with Gasteiger partial charge >= 0.3 is 5.97 Å². The first kappa shape index (κ1) is 12.9. The SMILES string of the molecule is Nc1ccc(C(=O)O)cc1OCCc1ccncc1. The number of ether oxygens (including phenoxy) is 1. The van der Waals surface area contributed by atoms with Crippen LogP contribution < -0.4 is 10.5 Å². The van der Waals surface area contributed by atoms with E-state index >= 15 is 0 Å². The largest absolute Gasteiger partial charge is 0.491 e. The Kier molecular flexibility index (Phi) is 3.97. The molecule has 0 aliphatic heterocycles. The van der Waals surface area contributed by atoms with Crippen LogP contribution >= 0.6 is 0 Å². The van der Waals surface area contributed by atoms with Gasteiger partial charge in [-0.3, -0.25) is 4.98 Å². The van der Waals surface area contributed by atoms with E-state index < -0.39 is 5.97 Å². The summed E-state index contributed by atoms with van der Waals surface area (Å²) < 4.78 is 5.52. The van der Waals surface area contributed by atoms with Crippen molar-refractivity contribution in [1.29, 1.82) is 0 Å². The Morgan fingerprint density at radius 1 is 1.26 bits per heavy atom. The van der Waals surface area contributed by atoms with E-state index in [-0.39, 0.29) is 5.56 Å². The number of nitrogens with zero attached hydrogens (tertiary/aromatic N) is 1. The number of carboxylic acid groups (broad SMARTS) is 1. The number of anilines is 1. The summed E-state index contributed by atoms with van der Waals surface area (Å²) in [5.74, 6) is -0.604. The molecule has 1 aromatic heterocycles. The van der Waals surface area contributed by atoms with Gasteiger partial charge < -0.3 is 15.6 Å². The molecule has 98 valence electrons. The van der Waals surface area contributed by atoms with Crippen LogP contribution in [0, 0.1) is 0 Å². The Labute approximate surface area is 110 Å². The lowest BCUT2D eigenvalue weighted by Gasteiger charge is -2.09. The first-order chi connectivity index (χ1) is 9.16. The van der Waals surface area contributed by atoms with E-state index in [4.69, 9.17) is 15.6 Å². The number of carboxylic acids is 1. The number of rotatable bonds is 5. The van der Waals surface area contributed by atoms with Crippen LogP contribution in [0.4, 0.5) is 5.69 Å². The molecular formula is C14H14N2O3. The molecule has 0 radical (unpaired) electrons. The van der Waals surface area contributed by atoms with Gasteiger partial charge in [0.1, 0.15) is 5.75 Å². The van der Waals surface area contributed by atoms with Crippen LogP contribution in [0.5, 0.6) is 5.75 Å². The van der Waals surface area contributed by atoms with Crippen LogP contribution in [-0.4, -0.2) is 22.7 Å². The zero-order valence-corrected chi connectivity index (χ0v) is 10.2. The zero-order chi connectivity index (χ0) is 13.7. The Morgan fingerprint density at radius 2 is 2.00 bits per heavy atom. The fourth-order valence-electron chi connectivity index (χ4n) is 1.62. The Hall–Kier alpha value is -2.56. The van der Waals surface area contributed by atoms with Gasteiger partial charge in [0.2, 0.25) is 0 Å². The highest BCUT2D eigenvalue weighted by atomic mass is 16.5. The highest BCUT2D eigenvalue weighted by Gasteiger charge is 2.07. The molecule has 0 saturated heterocycles. The van der Waals surface area contributed by atoms with Crippen molar-refractivity contribution in [3.8, 4) is 5.75 Å². The van der Waals surface area contributed by atoms with Crippen LogP contribution in [0.1, 0.15) is 15.9 Å². The van der Waals surface area contributed by atoms with Crippen molar-refractivity contribution >= 4 is 11.7 Å². The predicted molar refractivity (Wildman–Crippen MR) is 71.2 cm³/mol. The van der Waals surface area contributed by atoms with E-state index in [0.29, 0.717) is 24.5 Å². The number of carbonyl (C=O) groups is 1. The van der Waals surface area contributed by atoms with Gasteiger partial charge in [0, 0.05) is 18.8 Å². The van der Waals surface area contributed by atoms with Gasteiger partial charge in [-0.25, -0.2) is 4.79 Å². The van der Waals surface area contributed by atoms with Crippen molar-refractivity contribution in [2.45, 2.75) is 6.42 Å². The second-order valence-electron chi connectivity index (χ2n) is 4.01. The molecule has 0 amide bonds. The molecular weight excluding hydrogens is 244 g/mol. The van der Waals surface area contributed by atoms with E-state index in [9.17, 15) is 4.79 Å². The van der Waals surface area contributed by atoms with Crippen molar-refractivity contribution in [3.05, 3.63) is 53.9 Å². The number of pyridine rings is 1. The number of hydrogen-bond acceptors (Lipinski definition) is 4. The fourth-order valence-corrected chi connectivity index (χ4v) is 1.62. The third-order valence-corrected chi connectivity index (χ3v) is 2.66. The number of hydrogen-bond donors (Lipinski definition) is 2. The summed E-state index contributed by atoms with van der Waals surface area (Å²) in [5.41, 5.74) is 7.43. The zero-order valence-electron chi connectivity index (χ0n) is 10.2. The minimum atomic E-state index is -1.00. The molecule has 19 heavy (non-hydrogen) atoms. The molecule has 0 atom stereocenters. The Bertz CT molecular complexity index is 570. The molecule has 5 heteroatoms. The molecule has 0 fully saturated rings. The quantitative estimate of drug-likeness (QED) is 0.801. The lowest BCUT2D eigenvalue weighted by atomic mass is 10.2. The molecule has 0 bridgehead atoms. The number of aromatic nitrogens is 1. The summed E-state index contributed by atoms with van der Waals surface area (Å²) in [6.45, 7) is 0.428. The fraction of sp³-hybridized carbons (Fsp3) is 0.143. The second kappa shape index (κ2) is 5.86.